The average Bonchev–Trinajstić information content (AvgIpc) is 2.05. The van der Waals surface area contributed by atoms with Crippen molar-refractivity contribution in [1.82, 2.24) is 15.3 Å². The van der Waals surface area contributed by atoms with E-state index in [0.717, 1.165) is 5.69 Å². The van der Waals surface area contributed by atoms with Gasteiger partial charge in [0.2, 0.25) is 0 Å². The van der Waals surface area contributed by atoms with E-state index in [4.69, 9.17) is 0 Å². The highest BCUT2D eigenvalue weighted by Gasteiger charge is 2.07. The Kier molecular flexibility index (Phi) is 2.88. The van der Waals surface area contributed by atoms with E-state index in [-0.39, 0.29) is 5.78 Å². The molecule has 1 aromatic rings. The molecular weight excluding hydrogens is 154 g/mol. The Labute approximate surface area is 71.0 Å². The molecule has 0 bridgehead atoms. The molecule has 12 heavy (non-hydrogen) atoms. The second kappa shape index (κ2) is 3.92. The SMILES string of the molecule is CNCC(=O)c1cncnc1C. The van der Waals surface area contributed by atoms with Crippen molar-refractivity contribution in [3.05, 3.63) is 23.8 Å². The van der Waals surface area contributed by atoms with Crippen LogP contribution in [0.4, 0.5) is 0 Å². The zero-order valence-electron chi connectivity index (χ0n) is 7.16. The van der Waals surface area contributed by atoms with Gasteiger partial charge in [-0.05, 0) is 14.0 Å². The zero-order chi connectivity index (χ0) is 8.97. The van der Waals surface area contributed by atoms with Crippen molar-refractivity contribution in [2.45, 2.75) is 6.92 Å². The molecule has 0 spiro atoms. The van der Waals surface area contributed by atoms with Crippen LogP contribution in [0.15, 0.2) is 12.5 Å². The lowest BCUT2D eigenvalue weighted by molar-refractivity contribution is 0.0992. The summed E-state index contributed by atoms with van der Waals surface area (Å²) >= 11 is 0. The van der Waals surface area contributed by atoms with Crippen molar-refractivity contribution in [2.24, 2.45) is 0 Å². The second-order valence-corrected chi connectivity index (χ2v) is 2.48. The van der Waals surface area contributed by atoms with Crippen LogP contribution in [0.25, 0.3) is 0 Å². The maximum Gasteiger partial charge on any atom is 0.179 e. The molecule has 1 aromatic heterocycles. The third-order valence-corrected chi connectivity index (χ3v) is 1.55. The summed E-state index contributed by atoms with van der Waals surface area (Å²) in [5.41, 5.74) is 1.32. The second-order valence-electron chi connectivity index (χ2n) is 2.48. The summed E-state index contributed by atoms with van der Waals surface area (Å²) in [7, 11) is 1.73. The molecule has 0 aliphatic rings. The van der Waals surface area contributed by atoms with Crippen LogP contribution < -0.4 is 5.32 Å². The van der Waals surface area contributed by atoms with Crippen LogP contribution in [0.5, 0.6) is 0 Å². The van der Waals surface area contributed by atoms with Crippen LogP contribution in [0.2, 0.25) is 0 Å². The summed E-state index contributed by atoms with van der Waals surface area (Å²) in [5, 5.41) is 2.79. The van der Waals surface area contributed by atoms with Gasteiger partial charge in [0.15, 0.2) is 5.78 Å². The predicted molar refractivity (Wildman–Crippen MR) is 45.0 cm³/mol. The molecule has 1 heterocycles. The lowest BCUT2D eigenvalue weighted by atomic mass is 10.1. The number of hydrogen-bond donors (Lipinski definition) is 1. The van der Waals surface area contributed by atoms with Crippen molar-refractivity contribution < 1.29 is 4.79 Å². The van der Waals surface area contributed by atoms with Crippen LogP contribution in [0, 0.1) is 6.92 Å². The molecule has 0 saturated carbocycles. The smallest absolute Gasteiger partial charge is 0.179 e. The molecule has 0 aliphatic heterocycles. The molecule has 0 fully saturated rings. The fourth-order valence-corrected chi connectivity index (χ4v) is 0.920. The molecule has 1 N–H and O–H groups in total. The number of likely N-dealkylation sites (N-methyl/N-ethyl adjacent to an activating group) is 1. The summed E-state index contributed by atoms with van der Waals surface area (Å²) in [4.78, 5) is 19.0. The first kappa shape index (κ1) is 8.80. The van der Waals surface area contributed by atoms with E-state index < -0.39 is 0 Å². The lowest BCUT2D eigenvalue weighted by Gasteiger charge is -2.01. The first-order chi connectivity index (χ1) is 5.75. The van der Waals surface area contributed by atoms with Gasteiger partial charge in [0.25, 0.3) is 0 Å². The van der Waals surface area contributed by atoms with E-state index in [1.807, 2.05) is 0 Å². The summed E-state index contributed by atoms with van der Waals surface area (Å²) in [6, 6.07) is 0. The predicted octanol–water partition coefficient (Wildman–Crippen LogP) is 0.187. The molecule has 0 unspecified atom stereocenters. The van der Waals surface area contributed by atoms with Crippen molar-refractivity contribution in [1.29, 1.82) is 0 Å². The number of Topliss-reactive ketones (excluding diaryl/α,β-unsaturated/α-hetero) is 1. The lowest BCUT2D eigenvalue weighted by Crippen LogP contribution is -2.19. The van der Waals surface area contributed by atoms with Crippen molar-refractivity contribution in [3.8, 4) is 0 Å². The van der Waals surface area contributed by atoms with Gasteiger partial charge in [0.05, 0.1) is 17.8 Å². The van der Waals surface area contributed by atoms with Gasteiger partial charge in [-0.3, -0.25) is 4.79 Å². The minimum atomic E-state index is 0.0237. The Morgan fingerprint density at radius 2 is 2.42 bits per heavy atom. The number of rotatable bonds is 3. The number of aryl methyl sites for hydroxylation is 1. The molecule has 0 atom stereocenters. The maximum absolute atomic E-state index is 11.3. The zero-order valence-corrected chi connectivity index (χ0v) is 7.16. The van der Waals surface area contributed by atoms with Crippen LogP contribution in [0.3, 0.4) is 0 Å². The molecular formula is C8H11N3O. The van der Waals surface area contributed by atoms with Gasteiger partial charge in [-0.2, -0.15) is 0 Å². The van der Waals surface area contributed by atoms with Gasteiger partial charge in [0.1, 0.15) is 6.33 Å². The largest absolute Gasteiger partial charge is 0.313 e. The van der Waals surface area contributed by atoms with E-state index in [9.17, 15) is 4.79 Å². The Morgan fingerprint density at radius 3 is 3.00 bits per heavy atom. The minimum absolute atomic E-state index is 0.0237. The van der Waals surface area contributed by atoms with Gasteiger partial charge in [-0.15, -0.1) is 0 Å². The quantitative estimate of drug-likeness (QED) is 0.649. The van der Waals surface area contributed by atoms with E-state index >= 15 is 0 Å². The first-order valence-electron chi connectivity index (χ1n) is 3.70. The summed E-state index contributed by atoms with van der Waals surface area (Å²) in [5.74, 6) is 0.0237. The molecule has 1 rings (SSSR count). The highest BCUT2D eigenvalue weighted by Crippen LogP contribution is 2.01. The van der Waals surface area contributed by atoms with E-state index in [1.165, 1.54) is 6.33 Å². The molecule has 4 nitrogen and oxygen atoms in total. The Balaban J connectivity index is 2.87. The molecule has 0 aromatic carbocycles. The van der Waals surface area contributed by atoms with E-state index in [2.05, 4.69) is 15.3 Å². The molecule has 0 amide bonds. The number of nitrogens with one attached hydrogen (secondary N) is 1. The normalized spacial score (nSPS) is 9.83. The van der Waals surface area contributed by atoms with Crippen molar-refractivity contribution in [3.63, 3.8) is 0 Å². The van der Waals surface area contributed by atoms with Crippen LogP contribution in [0.1, 0.15) is 16.1 Å². The van der Waals surface area contributed by atoms with Crippen LogP contribution in [-0.2, 0) is 0 Å². The molecule has 0 radical (unpaired) electrons. The van der Waals surface area contributed by atoms with Gasteiger partial charge in [-0.1, -0.05) is 0 Å². The summed E-state index contributed by atoms with van der Waals surface area (Å²) < 4.78 is 0. The fraction of sp³-hybridized carbons (Fsp3) is 0.375. The standard InChI is InChI=1S/C8H11N3O/c1-6-7(3-10-5-11-6)8(12)4-9-2/h3,5,9H,4H2,1-2H3. The maximum atomic E-state index is 11.3. The van der Waals surface area contributed by atoms with E-state index in [0.29, 0.717) is 12.1 Å². The summed E-state index contributed by atoms with van der Waals surface area (Å²) in [6.07, 6.45) is 2.98. The first-order valence-corrected chi connectivity index (χ1v) is 3.70. The third kappa shape index (κ3) is 1.85. The molecule has 4 heteroatoms. The monoisotopic (exact) mass is 165 g/mol. The van der Waals surface area contributed by atoms with Gasteiger partial charge < -0.3 is 5.32 Å². The minimum Gasteiger partial charge on any atom is -0.313 e. The van der Waals surface area contributed by atoms with Crippen molar-refractivity contribution >= 4 is 5.78 Å². The Bertz CT molecular complexity index is 285. The number of hydrogen-bond acceptors (Lipinski definition) is 4. The number of aromatic nitrogens is 2. The number of carbonyl (C=O) groups excluding carboxylic acids is 1. The third-order valence-electron chi connectivity index (χ3n) is 1.55. The van der Waals surface area contributed by atoms with Gasteiger partial charge >= 0.3 is 0 Å². The van der Waals surface area contributed by atoms with Crippen LogP contribution >= 0.6 is 0 Å². The van der Waals surface area contributed by atoms with E-state index in [1.54, 1.807) is 20.2 Å². The molecule has 64 valence electrons. The number of carbonyl (C=O) groups is 1. The van der Waals surface area contributed by atoms with Crippen LogP contribution in [-0.4, -0.2) is 29.3 Å². The average molecular weight is 165 g/mol. The van der Waals surface area contributed by atoms with Gasteiger partial charge in [0, 0.05) is 6.20 Å². The molecule has 0 saturated heterocycles. The highest BCUT2D eigenvalue weighted by molar-refractivity contribution is 5.98. The number of ketones is 1. The van der Waals surface area contributed by atoms with Gasteiger partial charge in [-0.25, -0.2) is 9.97 Å². The topological polar surface area (TPSA) is 54.9 Å². The fourth-order valence-electron chi connectivity index (χ4n) is 0.920. The Hall–Kier alpha value is -1.29. The Morgan fingerprint density at radius 1 is 1.67 bits per heavy atom. The summed E-state index contributed by atoms with van der Waals surface area (Å²) in [6.45, 7) is 2.12. The number of nitrogens with zero attached hydrogens (tertiary/aromatic N) is 2. The van der Waals surface area contributed by atoms with Crippen molar-refractivity contribution in [2.75, 3.05) is 13.6 Å². The highest BCUT2D eigenvalue weighted by atomic mass is 16.1. The molecule has 0 aliphatic carbocycles.